The Bertz CT molecular complexity index is 377. The van der Waals surface area contributed by atoms with E-state index in [0.29, 0.717) is 19.3 Å². The molecule has 1 amide bonds. The molecule has 2 N–H and O–H groups in total. The molecule has 1 aliphatic heterocycles. The molecule has 0 fully saturated rings. The van der Waals surface area contributed by atoms with Crippen LogP contribution in [0.2, 0.25) is 0 Å². The third-order valence-corrected chi connectivity index (χ3v) is 2.79. The predicted molar refractivity (Wildman–Crippen MR) is 67.3 cm³/mol. The Hall–Kier alpha value is -1.85. The van der Waals surface area contributed by atoms with Crippen molar-refractivity contribution < 1.29 is 24.2 Å². The van der Waals surface area contributed by atoms with Crippen LogP contribution in [0.5, 0.6) is 0 Å². The van der Waals surface area contributed by atoms with E-state index in [-0.39, 0.29) is 24.8 Å². The first-order valence-corrected chi connectivity index (χ1v) is 6.33. The molecule has 6 heteroatoms. The van der Waals surface area contributed by atoms with Gasteiger partial charge < -0.3 is 15.2 Å². The second-order valence-corrected chi connectivity index (χ2v) is 4.59. The fourth-order valence-corrected chi connectivity index (χ4v) is 1.79. The van der Waals surface area contributed by atoms with Crippen LogP contribution in [0, 0.1) is 5.92 Å². The molecule has 1 rings (SSSR count). The Balaban J connectivity index is 2.69. The summed E-state index contributed by atoms with van der Waals surface area (Å²) in [6.45, 7) is 1.89. The van der Waals surface area contributed by atoms with Crippen LogP contribution in [0.4, 0.5) is 0 Å². The Morgan fingerprint density at radius 2 is 2.21 bits per heavy atom. The zero-order chi connectivity index (χ0) is 14.3. The second-order valence-electron chi connectivity index (χ2n) is 4.59. The molecule has 6 nitrogen and oxygen atoms in total. The molecular formula is C13H19NO5. The van der Waals surface area contributed by atoms with E-state index in [0.717, 1.165) is 0 Å². The Labute approximate surface area is 111 Å². The SMILES string of the molecule is C[C@@H]1CNC(=O)[C@H](CC(=O)O)CC=CCCC(=O)O1. The fraction of sp³-hybridized carbons (Fsp3) is 0.615. The van der Waals surface area contributed by atoms with Crippen LogP contribution in [-0.2, 0) is 19.1 Å². The molecule has 0 aromatic heterocycles. The number of carboxylic acids is 1. The Morgan fingerprint density at radius 3 is 2.89 bits per heavy atom. The minimum Gasteiger partial charge on any atom is -0.481 e. The summed E-state index contributed by atoms with van der Waals surface area (Å²) in [5.41, 5.74) is 0. The van der Waals surface area contributed by atoms with Gasteiger partial charge >= 0.3 is 11.9 Å². The fourth-order valence-electron chi connectivity index (χ4n) is 1.79. The maximum atomic E-state index is 11.8. The highest BCUT2D eigenvalue weighted by molar-refractivity contribution is 5.83. The summed E-state index contributed by atoms with van der Waals surface area (Å²) in [6, 6.07) is 0. The van der Waals surface area contributed by atoms with Crippen molar-refractivity contribution in [2.75, 3.05) is 6.54 Å². The molecule has 0 radical (unpaired) electrons. The van der Waals surface area contributed by atoms with E-state index in [1.165, 1.54) is 0 Å². The van der Waals surface area contributed by atoms with Crippen molar-refractivity contribution in [1.29, 1.82) is 0 Å². The number of carboxylic acid groups (broad SMARTS) is 1. The van der Waals surface area contributed by atoms with Gasteiger partial charge in [0.25, 0.3) is 0 Å². The number of hydrogen-bond acceptors (Lipinski definition) is 4. The number of ether oxygens (including phenoxy) is 1. The third-order valence-electron chi connectivity index (χ3n) is 2.79. The highest BCUT2D eigenvalue weighted by Crippen LogP contribution is 2.12. The molecule has 19 heavy (non-hydrogen) atoms. The molecule has 0 spiro atoms. The van der Waals surface area contributed by atoms with Crippen molar-refractivity contribution in [1.82, 2.24) is 5.32 Å². The molecule has 1 aliphatic rings. The average Bonchev–Trinajstić information content (AvgIpc) is 2.32. The number of nitrogens with one attached hydrogen (secondary N) is 1. The monoisotopic (exact) mass is 269 g/mol. The minimum absolute atomic E-state index is 0.199. The van der Waals surface area contributed by atoms with Gasteiger partial charge in [0, 0.05) is 6.42 Å². The number of hydrogen-bond donors (Lipinski definition) is 2. The molecule has 0 aromatic carbocycles. The minimum atomic E-state index is -1.000. The van der Waals surface area contributed by atoms with Crippen LogP contribution in [0.1, 0.15) is 32.6 Å². The number of cyclic esters (lactones) is 1. The van der Waals surface area contributed by atoms with Crippen molar-refractivity contribution in [2.24, 2.45) is 5.92 Å². The van der Waals surface area contributed by atoms with Crippen molar-refractivity contribution in [3.63, 3.8) is 0 Å². The van der Waals surface area contributed by atoms with E-state index >= 15 is 0 Å². The lowest BCUT2D eigenvalue weighted by Gasteiger charge is -2.18. The third kappa shape index (κ3) is 6.03. The largest absolute Gasteiger partial charge is 0.481 e. The second kappa shape index (κ2) is 7.56. The predicted octanol–water partition coefficient (Wildman–Crippen LogP) is 0.865. The first-order valence-electron chi connectivity index (χ1n) is 6.33. The quantitative estimate of drug-likeness (QED) is 0.573. The first kappa shape index (κ1) is 15.2. The van der Waals surface area contributed by atoms with Gasteiger partial charge in [-0.3, -0.25) is 14.4 Å². The van der Waals surface area contributed by atoms with E-state index in [2.05, 4.69) is 5.32 Å². The van der Waals surface area contributed by atoms with Crippen molar-refractivity contribution in [2.45, 2.75) is 38.7 Å². The summed E-state index contributed by atoms with van der Waals surface area (Å²) >= 11 is 0. The van der Waals surface area contributed by atoms with Crippen molar-refractivity contribution in [3.05, 3.63) is 12.2 Å². The molecular weight excluding hydrogens is 250 g/mol. The summed E-state index contributed by atoms with van der Waals surface area (Å²) in [7, 11) is 0. The lowest BCUT2D eigenvalue weighted by molar-refractivity contribution is -0.148. The summed E-state index contributed by atoms with van der Waals surface area (Å²) in [5, 5.41) is 11.4. The van der Waals surface area contributed by atoms with Crippen LogP contribution in [0.15, 0.2) is 12.2 Å². The van der Waals surface area contributed by atoms with Crippen LogP contribution in [-0.4, -0.2) is 35.6 Å². The lowest BCUT2D eigenvalue weighted by Crippen LogP contribution is -2.37. The number of carbonyl (C=O) groups is 3. The molecule has 0 aliphatic carbocycles. The van der Waals surface area contributed by atoms with Gasteiger partial charge in [-0.05, 0) is 19.8 Å². The number of aliphatic carboxylic acids is 1. The summed E-state index contributed by atoms with van der Waals surface area (Å²) < 4.78 is 5.08. The normalized spacial score (nSPS) is 25.7. The molecule has 0 bridgehead atoms. The zero-order valence-electron chi connectivity index (χ0n) is 10.9. The number of amides is 1. The number of carbonyl (C=O) groups excluding carboxylic acids is 2. The number of esters is 1. The molecule has 0 unspecified atom stereocenters. The molecule has 2 atom stereocenters. The maximum Gasteiger partial charge on any atom is 0.306 e. The smallest absolute Gasteiger partial charge is 0.306 e. The van der Waals surface area contributed by atoms with Gasteiger partial charge in [0.05, 0.1) is 18.9 Å². The molecule has 1 heterocycles. The maximum absolute atomic E-state index is 11.8. The van der Waals surface area contributed by atoms with E-state index < -0.39 is 18.0 Å². The van der Waals surface area contributed by atoms with Crippen molar-refractivity contribution in [3.8, 4) is 0 Å². The van der Waals surface area contributed by atoms with Crippen LogP contribution in [0.3, 0.4) is 0 Å². The van der Waals surface area contributed by atoms with E-state index in [9.17, 15) is 14.4 Å². The van der Waals surface area contributed by atoms with Crippen LogP contribution in [0.25, 0.3) is 0 Å². The highest BCUT2D eigenvalue weighted by atomic mass is 16.5. The topological polar surface area (TPSA) is 92.7 Å². The molecule has 0 aromatic rings. The molecule has 106 valence electrons. The number of allylic oxidation sites excluding steroid dienone is 2. The summed E-state index contributed by atoms with van der Waals surface area (Å²) in [4.78, 5) is 33.9. The van der Waals surface area contributed by atoms with E-state index in [1.807, 2.05) is 0 Å². The van der Waals surface area contributed by atoms with Gasteiger partial charge in [-0.2, -0.15) is 0 Å². The summed E-state index contributed by atoms with van der Waals surface area (Å²) in [6.07, 6.45) is 4.09. The Kier molecular flexibility index (Phi) is 6.05. The standard InChI is InChI=1S/C13H19NO5/c1-9-8-14-13(18)10(7-11(15)16)5-3-2-4-6-12(17)19-9/h2-3,9-10H,4-8H2,1H3,(H,14,18)(H,15,16)/t9-,10+/m1/s1. The van der Waals surface area contributed by atoms with Gasteiger partial charge in [-0.25, -0.2) is 0 Å². The van der Waals surface area contributed by atoms with Gasteiger partial charge in [0.2, 0.25) is 5.91 Å². The number of rotatable bonds is 2. The van der Waals surface area contributed by atoms with Gasteiger partial charge in [0.1, 0.15) is 6.10 Å². The average molecular weight is 269 g/mol. The van der Waals surface area contributed by atoms with Gasteiger partial charge in [0.15, 0.2) is 0 Å². The van der Waals surface area contributed by atoms with Crippen LogP contribution >= 0.6 is 0 Å². The molecule has 0 saturated heterocycles. The van der Waals surface area contributed by atoms with E-state index in [1.54, 1.807) is 19.1 Å². The van der Waals surface area contributed by atoms with Crippen LogP contribution < -0.4 is 5.32 Å². The molecule has 0 saturated carbocycles. The summed E-state index contributed by atoms with van der Waals surface area (Å²) in [5.74, 6) is -2.21. The highest BCUT2D eigenvalue weighted by Gasteiger charge is 2.21. The van der Waals surface area contributed by atoms with Gasteiger partial charge in [-0.15, -0.1) is 0 Å². The lowest BCUT2D eigenvalue weighted by atomic mass is 9.99. The van der Waals surface area contributed by atoms with E-state index in [4.69, 9.17) is 9.84 Å². The first-order chi connectivity index (χ1) is 8.99. The van der Waals surface area contributed by atoms with Gasteiger partial charge in [-0.1, -0.05) is 12.2 Å². The van der Waals surface area contributed by atoms with Crippen molar-refractivity contribution >= 4 is 17.8 Å². The Morgan fingerprint density at radius 1 is 1.47 bits per heavy atom. The zero-order valence-corrected chi connectivity index (χ0v) is 10.9.